The van der Waals surface area contributed by atoms with E-state index in [4.69, 9.17) is 0 Å². The van der Waals surface area contributed by atoms with E-state index in [1.54, 1.807) is 24.3 Å². The Hall–Kier alpha value is -3.45. The average molecular weight is 461 g/mol. The summed E-state index contributed by atoms with van der Waals surface area (Å²) in [6, 6.07) is 15.3. The number of hydrogen-bond donors (Lipinski definition) is 2. The lowest BCUT2D eigenvalue weighted by molar-refractivity contribution is -0.139. The van der Waals surface area contributed by atoms with Crippen molar-refractivity contribution in [3.8, 4) is 0 Å². The Kier molecular flexibility index (Phi) is 7.12. The molecule has 2 atom stereocenters. The van der Waals surface area contributed by atoms with Gasteiger partial charge in [-0.1, -0.05) is 42.5 Å². The van der Waals surface area contributed by atoms with Gasteiger partial charge in [-0.3, -0.25) is 24.7 Å². The van der Waals surface area contributed by atoms with Crippen LogP contribution in [-0.4, -0.2) is 35.7 Å². The molecule has 178 valence electrons. The molecule has 2 N–H and O–H groups in total. The van der Waals surface area contributed by atoms with Crippen molar-refractivity contribution in [1.29, 1.82) is 0 Å². The van der Waals surface area contributed by atoms with Crippen LogP contribution in [0.2, 0.25) is 0 Å². The zero-order valence-corrected chi connectivity index (χ0v) is 20.0. The van der Waals surface area contributed by atoms with Crippen LogP contribution in [0.4, 0.5) is 5.69 Å². The summed E-state index contributed by atoms with van der Waals surface area (Å²) in [5.74, 6) is -1.23. The molecule has 7 nitrogen and oxygen atoms in total. The number of hydrogen-bond acceptors (Lipinski definition) is 4. The molecule has 0 aromatic heterocycles. The minimum Gasteiger partial charge on any atom is -0.348 e. The lowest BCUT2D eigenvalue weighted by Crippen LogP contribution is -2.59. The molecule has 34 heavy (non-hydrogen) atoms. The molecular weight excluding hydrogens is 428 g/mol. The Morgan fingerprint density at radius 1 is 1.06 bits per heavy atom. The highest BCUT2D eigenvalue weighted by Gasteiger charge is 2.42. The number of carbonyl (C=O) groups excluding carboxylic acids is 3. The summed E-state index contributed by atoms with van der Waals surface area (Å²) in [7, 11) is 2.08. The van der Waals surface area contributed by atoms with Crippen LogP contribution in [0, 0.1) is 11.8 Å². The summed E-state index contributed by atoms with van der Waals surface area (Å²) in [5, 5.41) is 4.28. The van der Waals surface area contributed by atoms with E-state index in [1.165, 1.54) is 10.6 Å². The van der Waals surface area contributed by atoms with Crippen LogP contribution < -0.4 is 15.8 Å². The highest BCUT2D eigenvalue weighted by molar-refractivity contribution is 6.05. The second kappa shape index (κ2) is 10.2. The van der Waals surface area contributed by atoms with Gasteiger partial charge in [0, 0.05) is 24.7 Å². The van der Waals surface area contributed by atoms with E-state index in [1.807, 2.05) is 30.4 Å². The third kappa shape index (κ3) is 5.04. The molecule has 1 aliphatic heterocycles. The summed E-state index contributed by atoms with van der Waals surface area (Å²) in [6.07, 6.45) is 5.04. The predicted octanol–water partition coefficient (Wildman–Crippen LogP) is 3.42. The highest BCUT2D eigenvalue weighted by Crippen LogP contribution is 2.32. The van der Waals surface area contributed by atoms with E-state index in [2.05, 4.69) is 42.6 Å². The van der Waals surface area contributed by atoms with Gasteiger partial charge in [-0.05, 0) is 63.1 Å². The first-order valence-corrected chi connectivity index (χ1v) is 11.8. The number of nitrogens with zero attached hydrogens (tertiary/aromatic N) is 2. The highest BCUT2D eigenvalue weighted by atomic mass is 16.2. The molecule has 0 bridgehead atoms. The number of carbonyl (C=O) groups is 3. The van der Waals surface area contributed by atoms with E-state index in [0.717, 1.165) is 12.1 Å². The van der Waals surface area contributed by atoms with Crippen LogP contribution in [0.3, 0.4) is 0 Å². The van der Waals surface area contributed by atoms with Crippen molar-refractivity contribution in [2.45, 2.75) is 45.8 Å². The zero-order valence-electron chi connectivity index (χ0n) is 20.0. The number of nitrogens with one attached hydrogen (secondary N) is 2. The molecule has 2 aromatic rings. The van der Waals surface area contributed by atoms with Crippen molar-refractivity contribution >= 4 is 23.4 Å². The van der Waals surface area contributed by atoms with Gasteiger partial charge in [-0.25, -0.2) is 5.01 Å². The van der Waals surface area contributed by atoms with E-state index in [0.29, 0.717) is 36.7 Å². The van der Waals surface area contributed by atoms with E-state index in [9.17, 15) is 14.4 Å². The normalized spacial score (nSPS) is 19.9. The molecular formula is C27H32N4O3. The molecule has 2 aromatic carbocycles. The van der Waals surface area contributed by atoms with Gasteiger partial charge in [0.15, 0.2) is 0 Å². The van der Waals surface area contributed by atoms with Crippen LogP contribution in [-0.2, 0) is 22.7 Å². The van der Waals surface area contributed by atoms with Crippen LogP contribution in [0.15, 0.2) is 60.7 Å². The fourth-order valence-electron chi connectivity index (χ4n) is 4.38. The molecule has 7 heteroatoms. The Labute approximate surface area is 200 Å². The van der Waals surface area contributed by atoms with Gasteiger partial charge in [0.05, 0.1) is 17.5 Å². The number of fused-ring (bicyclic) bond motifs is 1. The SMILES string of the molecule is CC(C)N(C)Cc1ccccc1CNC(=O)c1cccc(N2NC(=O)C3CC=CCC3C2=O)c1. The van der Waals surface area contributed by atoms with Crippen molar-refractivity contribution in [1.82, 2.24) is 15.6 Å². The van der Waals surface area contributed by atoms with Gasteiger partial charge in [-0.15, -0.1) is 0 Å². The molecule has 0 saturated carbocycles. The average Bonchev–Trinajstić information content (AvgIpc) is 2.85. The number of benzene rings is 2. The Bertz CT molecular complexity index is 1110. The van der Waals surface area contributed by atoms with Crippen molar-refractivity contribution < 1.29 is 14.4 Å². The lowest BCUT2D eigenvalue weighted by atomic mass is 9.80. The number of anilines is 1. The Morgan fingerprint density at radius 3 is 2.50 bits per heavy atom. The second-order valence-corrected chi connectivity index (χ2v) is 9.32. The number of rotatable bonds is 7. The van der Waals surface area contributed by atoms with Crippen molar-refractivity contribution in [2.75, 3.05) is 12.1 Å². The van der Waals surface area contributed by atoms with Crippen LogP contribution in [0.1, 0.15) is 48.2 Å². The predicted molar refractivity (Wildman–Crippen MR) is 132 cm³/mol. The first-order valence-electron chi connectivity index (χ1n) is 11.8. The molecule has 4 rings (SSSR count). The molecule has 2 aliphatic rings. The van der Waals surface area contributed by atoms with Gasteiger partial charge in [0.25, 0.3) is 5.91 Å². The van der Waals surface area contributed by atoms with Crippen molar-refractivity contribution in [3.05, 3.63) is 77.4 Å². The van der Waals surface area contributed by atoms with Crippen LogP contribution >= 0.6 is 0 Å². The van der Waals surface area contributed by atoms with Gasteiger partial charge in [0.1, 0.15) is 0 Å². The largest absolute Gasteiger partial charge is 0.348 e. The number of allylic oxidation sites excluding steroid dienone is 2. The maximum Gasteiger partial charge on any atom is 0.251 e. The molecule has 1 aliphatic carbocycles. The van der Waals surface area contributed by atoms with Crippen molar-refractivity contribution in [3.63, 3.8) is 0 Å². The topological polar surface area (TPSA) is 81.8 Å². The third-order valence-electron chi connectivity index (χ3n) is 6.75. The molecule has 0 radical (unpaired) electrons. The number of amides is 3. The van der Waals surface area contributed by atoms with Gasteiger partial charge in [-0.2, -0.15) is 0 Å². The summed E-state index contributed by atoms with van der Waals surface area (Å²) in [6.45, 7) is 5.50. The lowest BCUT2D eigenvalue weighted by Gasteiger charge is -2.38. The minimum atomic E-state index is -0.364. The fraction of sp³-hybridized carbons (Fsp3) is 0.370. The van der Waals surface area contributed by atoms with Crippen molar-refractivity contribution in [2.24, 2.45) is 11.8 Å². The van der Waals surface area contributed by atoms with E-state index < -0.39 is 0 Å². The van der Waals surface area contributed by atoms with Crippen LogP contribution in [0.25, 0.3) is 0 Å². The van der Waals surface area contributed by atoms with Gasteiger partial charge in [0.2, 0.25) is 11.8 Å². The van der Waals surface area contributed by atoms with E-state index >= 15 is 0 Å². The maximum absolute atomic E-state index is 13.0. The monoisotopic (exact) mass is 460 g/mol. The van der Waals surface area contributed by atoms with Crippen LogP contribution in [0.5, 0.6) is 0 Å². The molecule has 3 amide bonds. The second-order valence-electron chi connectivity index (χ2n) is 9.32. The molecule has 2 unspecified atom stereocenters. The smallest absolute Gasteiger partial charge is 0.251 e. The summed E-state index contributed by atoms with van der Waals surface area (Å²) in [4.78, 5) is 40.8. The van der Waals surface area contributed by atoms with E-state index in [-0.39, 0.29) is 29.6 Å². The zero-order chi connectivity index (χ0) is 24.2. The summed E-state index contributed by atoms with van der Waals surface area (Å²) < 4.78 is 0. The summed E-state index contributed by atoms with van der Waals surface area (Å²) >= 11 is 0. The molecule has 1 fully saturated rings. The first kappa shape index (κ1) is 23.7. The fourth-order valence-corrected chi connectivity index (χ4v) is 4.38. The third-order valence-corrected chi connectivity index (χ3v) is 6.75. The van der Waals surface area contributed by atoms with Gasteiger partial charge < -0.3 is 5.32 Å². The summed E-state index contributed by atoms with van der Waals surface area (Å²) in [5.41, 5.74) is 5.87. The Balaban J connectivity index is 1.46. The molecule has 0 spiro atoms. The quantitative estimate of drug-likeness (QED) is 0.621. The number of hydrazine groups is 1. The maximum atomic E-state index is 13.0. The standard InChI is InChI=1S/C27H32N4O3/c1-18(2)30(3)17-21-10-5-4-9-20(21)16-28-25(32)19-11-8-12-22(15-19)31-27(34)24-14-7-6-13-23(24)26(33)29-31/h4-12,15,18,23-24H,13-14,16-17H2,1-3H3,(H,28,32)(H,29,33). The first-order chi connectivity index (χ1) is 16.3. The minimum absolute atomic E-state index is 0.144. The molecule has 1 saturated heterocycles. The van der Waals surface area contributed by atoms with Gasteiger partial charge >= 0.3 is 0 Å². The Morgan fingerprint density at radius 2 is 1.76 bits per heavy atom. The molecule has 1 heterocycles.